The van der Waals surface area contributed by atoms with Gasteiger partial charge in [-0.25, -0.2) is 0 Å². The molecule has 152 valence electrons. The highest BCUT2D eigenvalue weighted by atomic mass is 16.1. The summed E-state index contributed by atoms with van der Waals surface area (Å²) in [6.45, 7) is 12.5. The Morgan fingerprint density at radius 1 is 0.893 bits per heavy atom. The number of carbonyl (C=O) groups is 2. The second-order valence-electron chi connectivity index (χ2n) is 8.58. The minimum Gasteiger partial charge on any atom is -0.303 e. The Balaban J connectivity index is 0.000000280. The molecule has 0 radical (unpaired) electrons. The summed E-state index contributed by atoms with van der Waals surface area (Å²) in [7, 11) is 0. The summed E-state index contributed by atoms with van der Waals surface area (Å²) in [5.41, 5.74) is 4.95. The van der Waals surface area contributed by atoms with Crippen LogP contribution in [0, 0.1) is 5.41 Å². The van der Waals surface area contributed by atoms with Gasteiger partial charge in [-0.3, -0.25) is 0 Å². The van der Waals surface area contributed by atoms with Crippen molar-refractivity contribution in [3.8, 4) is 0 Å². The Hall–Kier alpha value is -2.22. The predicted octanol–water partition coefficient (Wildman–Crippen LogP) is 6.52. The second-order valence-corrected chi connectivity index (χ2v) is 8.58. The van der Waals surface area contributed by atoms with Crippen LogP contribution >= 0.6 is 0 Å². The van der Waals surface area contributed by atoms with Gasteiger partial charge in [-0.2, -0.15) is 0 Å². The maximum atomic E-state index is 10.8. The van der Waals surface area contributed by atoms with Crippen molar-refractivity contribution < 1.29 is 9.59 Å². The number of hydrogen-bond acceptors (Lipinski definition) is 2. The van der Waals surface area contributed by atoms with Gasteiger partial charge in [0.2, 0.25) is 0 Å². The average Bonchev–Trinajstić information content (AvgIpc) is 2.69. The van der Waals surface area contributed by atoms with Gasteiger partial charge in [0.15, 0.2) is 0 Å². The molecule has 0 aromatic heterocycles. The van der Waals surface area contributed by atoms with E-state index in [2.05, 4.69) is 76.2 Å². The normalized spacial score (nSPS) is 12.1. The van der Waals surface area contributed by atoms with E-state index >= 15 is 0 Å². The lowest BCUT2D eigenvalue weighted by Crippen LogP contribution is -2.16. The highest BCUT2D eigenvalue weighted by molar-refractivity contribution is 5.58. The largest absolute Gasteiger partial charge is 0.303 e. The highest BCUT2D eigenvalue weighted by Crippen LogP contribution is 2.22. The molecule has 1 atom stereocenters. The molecule has 2 heteroatoms. The maximum Gasteiger partial charge on any atom is 0.125 e. The molecule has 2 rings (SSSR count). The van der Waals surface area contributed by atoms with Crippen molar-refractivity contribution in [2.45, 2.75) is 72.6 Å². The maximum absolute atomic E-state index is 10.8. The average molecular weight is 381 g/mol. The van der Waals surface area contributed by atoms with Crippen molar-refractivity contribution in [2.24, 2.45) is 5.41 Å². The minimum absolute atomic E-state index is 0.242. The van der Waals surface area contributed by atoms with Gasteiger partial charge in [0, 0.05) is 11.8 Å². The van der Waals surface area contributed by atoms with Gasteiger partial charge in [-0.1, -0.05) is 90.1 Å². The van der Waals surface area contributed by atoms with Gasteiger partial charge < -0.3 is 9.59 Å². The van der Waals surface area contributed by atoms with Crippen molar-refractivity contribution in [3.63, 3.8) is 0 Å². The highest BCUT2D eigenvalue weighted by Gasteiger charge is 2.16. The molecular weight excluding hydrogens is 344 g/mol. The van der Waals surface area contributed by atoms with Gasteiger partial charge in [0.1, 0.15) is 12.6 Å². The van der Waals surface area contributed by atoms with Crippen LogP contribution in [0.2, 0.25) is 0 Å². The van der Waals surface area contributed by atoms with Gasteiger partial charge in [0.05, 0.1) is 0 Å². The lowest BCUT2D eigenvalue weighted by Gasteiger charge is -2.16. The summed E-state index contributed by atoms with van der Waals surface area (Å²) in [6, 6.07) is 17.0. The number of rotatable bonds is 8. The first-order chi connectivity index (χ1) is 13.2. The van der Waals surface area contributed by atoms with Crippen LogP contribution in [0.4, 0.5) is 0 Å². The Labute approximate surface area is 171 Å². The lowest BCUT2D eigenvalue weighted by atomic mass is 9.87. The van der Waals surface area contributed by atoms with Crippen LogP contribution in [0.25, 0.3) is 0 Å². The van der Waals surface area contributed by atoms with Gasteiger partial charge in [-0.15, -0.1) is 0 Å². The summed E-state index contributed by atoms with van der Waals surface area (Å²) in [4.78, 5) is 21.2. The molecule has 0 saturated carbocycles. The van der Waals surface area contributed by atoms with Crippen molar-refractivity contribution in [1.82, 2.24) is 0 Å². The van der Waals surface area contributed by atoms with E-state index in [1.807, 2.05) is 13.8 Å². The van der Waals surface area contributed by atoms with Gasteiger partial charge in [-0.05, 0) is 46.9 Å². The van der Waals surface area contributed by atoms with E-state index in [4.69, 9.17) is 0 Å². The summed E-state index contributed by atoms with van der Waals surface area (Å²) < 4.78 is 0. The molecule has 0 saturated heterocycles. The van der Waals surface area contributed by atoms with Crippen LogP contribution in [0.3, 0.4) is 0 Å². The van der Waals surface area contributed by atoms with E-state index in [0.717, 1.165) is 25.4 Å². The fraction of sp³-hybridized carbons (Fsp3) is 0.462. The molecule has 28 heavy (non-hydrogen) atoms. The number of aryl methyl sites for hydroxylation is 1. The molecule has 0 aliphatic rings. The molecule has 2 nitrogen and oxygen atoms in total. The van der Waals surface area contributed by atoms with Crippen molar-refractivity contribution in [1.29, 1.82) is 0 Å². The third-order valence-electron chi connectivity index (χ3n) is 5.01. The molecule has 0 heterocycles. The molecule has 0 amide bonds. The fourth-order valence-electron chi connectivity index (χ4n) is 2.97. The zero-order valence-electron chi connectivity index (χ0n) is 18.4. The lowest BCUT2D eigenvalue weighted by molar-refractivity contribution is -0.114. The van der Waals surface area contributed by atoms with E-state index in [9.17, 15) is 9.59 Å². The third-order valence-corrected chi connectivity index (χ3v) is 5.01. The van der Waals surface area contributed by atoms with Crippen LogP contribution in [0.5, 0.6) is 0 Å². The van der Waals surface area contributed by atoms with E-state index in [1.165, 1.54) is 22.3 Å². The molecule has 2 aromatic carbocycles. The topological polar surface area (TPSA) is 34.1 Å². The van der Waals surface area contributed by atoms with Crippen molar-refractivity contribution in [2.75, 3.05) is 0 Å². The van der Waals surface area contributed by atoms with E-state index in [1.54, 1.807) is 0 Å². The first-order valence-electron chi connectivity index (χ1n) is 10.3. The molecule has 0 spiro atoms. The van der Waals surface area contributed by atoms with Crippen LogP contribution < -0.4 is 0 Å². The molecule has 1 unspecified atom stereocenters. The molecule has 0 N–H and O–H groups in total. The van der Waals surface area contributed by atoms with Crippen LogP contribution in [0.15, 0.2) is 48.5 Å². The SMILES string of the molecule is CC(C)c1cccc(C(C)CC=O)c1.CCc1ccc(CC(C)(C)C=O)cc1. The Morgan fingerprint density at radius 3 is 1.96 bits per heavy atom. The Bertz CT molecular complexity index is 726. The van der Waals surface area contributed by atoms with Gasteiger partial charge in [0.25, 0.3) is 0 Å². The first-order valence-corrected chi connectivity index (χ1v) is 10.3. The van der Waals surface area contributed by atoms with Gasteiger partial charge >= 0.3 is 0 Å². The number of hydrogen-bond donors (Lipinski definition) is 0. The summed E-state index contributed by atoms with van der Waals surface area (Å²) in [5.74, 6) is 0.893. The van der Waals surface area contributed by atoms with E-state index < -0.39 is 0 Å². The Kier molecular flexibility index (Phi) is 9.85. The van der Waals surface area contributed by atoms with Crippen LogP contribution in [0.1, 0.15) is 82.1 Å². The zero-order valence-corrected chi connectivity index (χ0v) is 18.4. The van der Waals surface area contributed by atoms with Crippen LogP contribution in [-0.4, -0.2) is 12.6 Å². The number of benzene rings is 2. The summed E-state index contributed by atoms with van der Waals surface area (Å²) in [6.07, 6.45) is 4.52. The van der Waals surface area contributed by atoms with E-state index in [-0.39, 0.29) is 5.41 Å². The zero-order chi connectivity index (χ0) is 21.2. The second kappa shape index (κ2) is 11.6. The monoisotopic (exact) mass is 380 g/mol. The summed E-state index contributed by atoms with van der Waals surface area (Å²) >= 11 is 0. The predicted molar refractivity (Wildman–Crippen MR) is 119 cm³/mol. The first kappa shape index (κ1) is 23.8. The molecule has 0 aliphatic heterocycles. The molecule has 0 aliphatic carbocycles. The Morgan fingerprint density at radius 2 is 1.46 bits per heavy atom. The van der Waals surface area contributed by atoms with Crippen molar-refractivity contribution in [3.05, 3.63) is 70.8 Å². The quantitative estimate of drug-likeness (QED) is 0.489. The molecule has 0 fully saturated rings. The summed E-state index contributed by atoms with van der Waals surface area (Å²) in [5, 5.41) is 0. The molecule has 2 aromatic rings. The standard InChI is InChI=1S/2C13H18O/c1-10(2)12-5-4-6-13(9-12)11(3)7-8-14;1-4-11-5-7-12(8-6-11)9-13(2,3)10-14/h4-6,8-11H,7H2,1-3H3;5-8,10H,4,9H2,1-3H3. The molecule has 0 bridgehead atoms. The number of carbonyl (C=O) groups excluding carboxylic acids is 2. The van der Waals surface area contributed by atoms with Crippen LogP contribution in [-0.2, 0) is 22.4 Å². The third kappa shape index (κ3) is 8.21. The molecular formula is C26H36O2. The van der Waals surface area contributed by atoms with E-state index in [0.29, 0.717) is 18.3 Å². The van der Waals surface area contributed by atoms with Crippen molar-refractivity contribution >= 4 is 12.6 Å². The number of aldehydes is 2. The fourth-order valence-corrected chi connectivity index (χ4v) is 2.97. The smallest absolute Gasteiger partial charge is 0.125 e. The minimum atomic E-state index is -0.242.